The topological polar surface area (TPSA) is 114 Å². The number of morpholine rings is 1. The lowest BCUT2D eigenvalue weighted by Gasteiger charge is -2.34. The van der Waals surface area contributed by atoms with Crippen molar-refractivity contribution in [3.8, 4) is 11.3 Å². The Balaban J connectivity index is 1.26. The Bertz CT molecular complexity index is 1480. The number of rotatable bonds is 5. The lowest BCUT2D eigenvalue weighted by atomic mass is 10.0. The van der Waals surface area contributed by atoms with Gasteiger partial charge in [0, 0.05) is 54.9 Å². The molecule has 3 N–H and O–H groups in total. The van der Waals surface area contributed by atoms with E-state index in [9.17, 15) is 9.18 Å². The number of thiophene rings is 1. The Morgan fingerprint density at radius 1 is 1.16 bits per heavy atom. The van der Waals surface area contributed by atoms with Crippen LogP contribution in [-0.2, 0) is 4.74 Å². The minimum Gasteiger partial charge on any atom is -0.382 e. The minimum absolute atomic E-state index is 0.0428. The molecule has 0 bridgehead atoms. The first-order valence-corrected chi connectivity index (χ1v) is 13.5. The molecule has 2 aliphatic rings. The van der Waals surface area contributed by atoms with Crippen LogP contribution in [0, 0.1) is 12.9 Å². The molecule has 6 heterocycles. The number of nitrogens with zero attached hydrogens (tertiary/aromatic N) is 6. The molecule has 2 fully saturated rings. The van der Waals surface area contributed by atoms with Gasteiger partial charge in [-0.1, -0.05) is 0 Å². The van der Waals surface area contributed by atoms with E-state index in [1.54, 1.807) is 10.6 Å². The molecule has 0 saturated carbocycles. The third-order valence-corrected chi connectivity index (χ3v) is 8.11. The molecule has 12 heteroatoms. The average molecular weight is 537 g/mol. The van der Waals surface area contributed by atoms with E-state index in [0.717, 1.165) is 53.6 Å². The Kier molecular flexibility index (Phi) is 6.58. The van der Waals surface area contributed by atoms with E-state index in [1.165, 1.54) is 29.9 Å². The van der Waals surface area contributed by atoms with Gasteiger partial charge in [-0.25, -0.2) is 14.5 Å². The predicted molar refractivity (Wildman–Crippen MR) is 145 cm³/mol. The van der Waals surface area contributed by atoms with Gasteiger partial charge in [0.25, 0.3) is 5.91 Å². The maximum Gasteiger partial charge on any atom is 0.263 e. The molecule has 6 rings (SSSR count). The number of ether oxygens (including phenoxy) is 1. The monoisotopic (exact) mass is 536 g/mol. The summed E-state index contributed by atoms with van der Waals surface area (Å²) in [5.41, 5.74) is 10.1. The quantitative estimate of drug-likeness (QED) is 0.374. The van der Waals surface area contributed by atoms with Crippen LogP contribution in [0.25, 0.3) is 16.8 Å². The number of carbonyl (C=O) groups is 1. The summed E-state index contributed by atoms with van der Waals surface area (Å²) in [6.07, 6.45) is 4.59. The summed E-state index contributed by atoms with van der Waals surface area (Å²) in [6.45, 7) is 6.33. The van der Waals surface area contributed by atoms with Crippen molar-refractivity contribution < 1.29 is 13.9 Å². The zero-order chi connectivity index (χ0) is 26.2. The summed E-state index contributed by atoms with van der Waals surface area (Å²) in [5.74, 6) is -0.276. The van der Waals surface area contributed by atoms with Crippen LogP contribution in [0.1, 0.15) is 27.4 Å². The number of hydrogen-bond donors (Lipinski definition) is 2. The summed E-state index contributed by atoms with van der Waals surface area (Å²) >= 11 is 1.53. The number of hydrogen-bond acceptors (Lipinski definition) is 9. The summed E-state index contributed by atoms with van der Waals surface area (Å²) in [6, 6.07) is 7.12. The van der Waals surface area contributed by atoms with Gasteiger partial charge in [0.2, 0.25) is 5.95 Å². The van der Waals surface area contributed by atoms with Gasteiger partial charge in [0.15, 0.2) is 5.82 Å². The molecule has 0 radical (unpaired) electrons. The van der Waals surface area contributed by atoms with Crippen molar-refractivity contribution >= 4 is 40.0 Å². The van der Waals surface area contributed by atoms with E-state index in [-0.39, 0.29) is 11.9 Å². The molecule has 0 spiro atoms. The fourth-order valence-electron chi connectivity index (χ4n) is 5.32. The molecule has 198 valence electrons. The molecule has 0 aromatic carbocycles. The molecule has 1 atom stereocenters. The van der Waals surface area contributed by atoms with Crippen LogP contribution in [0.4, 0.5) is 21.6 Å². The highest BCUT2D eigenvalue weighted by Gasteiger charge is 2.28. The molecule has 38 heavy (non-hydrogen) atoms. The van der Waals surface area contributed by atoms with Crippen LogP contribution in [-0.4, -0.2) is 70.9 Å². The Morgan fingerprint density at radius 3 is 2.82 bits per heavy atom. The molecule has 2 saturated heterocycles. The SMILES string of the molecule is Cc1cc(N2CCOCC2)c(C(=O)N[C@@H]2CCCN(c3cc(-c4ccnc(F)c4)n4ncnc(N)c34)C2)s1. The fourth-order valence-corrected chi connectivity index (χ4v) is 6.26. The molecule has 1 amide bonds. The van der Waals surface area contributed by atoms with Crippen LogP contribution < -0.4 is 20.9 Å². The Labute approximate surface area is 223 Å². The third-order valence-electron chi connectivity index (χ3n) is 7.08. The second-order valence-electron chi connectivity index (χ2n) is 9.62. The lowest BCUT2D eigenvalue weighted by molar-refractivity contribution is 0.0936. The van der Waals surface area contributed by atoms with Gasteiger partial charge in [-0.15, -0.1) is 11.3 Å². The van der Waals surface area contributed by atoms with Crippen molar-refractivity contribution in [2.75, 3.05) is 54.9 Å². The fraction of sp³-hybridized carbons (Fsp3) is 0.385. The van der Waals surface area contributed by atoms with Crippen LogP contribution >= 0.6 is 11.3 Å². The van der Waals surface area contributed by atoms with E-state index in [1.807, 2.05) is 13.0 Å². The first kappa shape index (κ1) is 24.6. The van der Waals surface area contributed by atoms with Gasteiger partial charge in [-0.2, -0.15) is 9.49 Å². The van der Waals surface area contributed by atoms with Gasteiger partial charge in [-0.3, -0.25) is 4.79 Å². The Morgan fingerprint density at radius 2 is 2.00 bits per heavy atom. The average Bonchev–Trinajstić information content (AvgIpc) is 3.51. The number of aryl methyl sites for hydroxylation is 1. The molecular formula is C26H29FN8O2S. The van der Waals surface area contributed by atoms with Crippen molar-refractivity contribution in [3.63, 3.8) is 0 Å². The van der Waals surface area contributed by atoms with Crippen molar-refractivity contribution in [2.24, 2.45) is 0 Å². The van der Waals surface area contributed by atoms with Gasteiger partial charge in [-0.05, 0) is 38.0 Å². The summed E-state index contributed by atoms with van der Waals surface area (Å²) < 4.78 is 21.1. The number of nitrogens with two attached hydrogens (primary N) is 1. The normalized spacial score (nSPS) is 18.2. The predicted octanol–water partition coefficient (Wildman–Crippen LogP) is 3.12. The number of aromatic nitrogens is 4. The number of piperidine rings is 1. The highest BCUT2D eigenvalue weighted by atomic mass is 32.1. The number of anilines is 3. The van der Waals surface area contributed by atoms with E-state index < -0.39 is 5.95 Å². The Hall–Kier alpha value is -3.77. The van der Waals surface area contributed by atoms with Gasteiger partial charge < -0.3 is 25.6 Å². The van der Waals surface area contributed by atoms with Crippen molar-refractivity contribution in [1.82, 2.24) is 24.9 Å². The molecule has 4 aromatic heterocycles. The molecule has 2 aliphatic heterocycles. The highest BCUT2D eigenvalue weighted by Crippen LogP contribution is 2.35. The minimum atomic E-state index is -0.568. The molecule has 0 aliphatic carbocycles. The molecule has 0 unspecified atom stereocenters. The maximum absolute atomic E-state index is 13.9. The third kappa shape index (κ3) is 4.65. The van der Waals surface area contributed by atoms with E-state index in [4.69, 9.17) is 10.5 Å². The van der Waals surface area contributed by atoms with Crippen molar-refractivity contribution in [2.45, 2.75) is 25.8 Å². The van der Waals surface area contributed by atoms with Crippen LogP contribution in [0.3, 0.4) is 0 Å². The number of fused-ring (bicyclic) bond motifs is 1. The standard InChI is InChI=1S/C26H29FN8O2S/c1-16-11-21(33-7-9-37-10-8-33)24(38-16)26(36)32-18-3-2-6-34(14-18)20-13-19(17-4-5-29-22(27)12-17)35-23(20)25(28)30-15-31-35/h4-5,11-13,15,18H,2-3,6-10,14H2,1H3,(H,32,36)(H2,28,30,31)/t18-/m1/s1. The second-order valence-corrected chi connectivity index (χ2v) is 10.9. The summed E-state index contributed by atoms with van der Waals surface area (Å²) in [5, 5.41) is 7.68. The zero-order valence-corrected chi connectivity index (χ0v) is 21.9. The first-order valence-electron chi connectivity index (χ1n) is 12.7. The van der Waals surface area contributed by atoms with Gasteiger partial charge in [0.05, 0.1) is 30.3 Å². The molecule has 10 nitrogen and oxygen atoms in total. The lowest BCUT2D eigenvalue weighted by Crippen LogP contribution is -2.48. The van der Waals surface area contributed by atoms with Crippen molar-refractivity contribution in [3.05, 3.63) is 52.5 Å². The maximum atomic E-state index is 13.9. The number of nitrogen functional groups attached to an aromatic ring is 1. The summed E-state index contributed by atoms with van der Waals surface area (Å²) in [7, 11) is 0. The van der Waals surface area contributed by atoms with Gasteiger partial charge in [0.1, 0.15) is 16.7 Å². The smallest absolute Gasteiger partial charge is 0.263 e. The molecule has 4 aromatic rings. The van der Waals surface area contributed by atoms with Crippen LogP contribution in [0.15, 0.2) is 36.8 Å². The zero-order valence-electron chi connectivity index (χ0n) is 21.1. The van der Waals surface area contributed by atoms with E-state index >= 15 is 0 Å². The number of carbonyl (C=O) groups excluding carboxylic acids is 1. The van der Waals surface area contributed by atoms with Crippen LogP contribution in [0.5, 0.6) is 0 Å². The second kappa shape index (κ2) is 10.2. The van der Waals surface area contributed by atoms with E-state index in [0.29, 0.717) is 42.4 Å². The van der Waals surface area contributed by atoms with E-state index in [2.05, 4.69) is 36.2 Å². The highest BCUT2D eigenvalue weighted by molar-refractivity contribution is 7.14. The summed E-state index contributed by atoms with van der Waals surface area (Å²) in [4.78, 5) is 27.6. The van der Waals surface area contributed by atoms with Gasteiger partial charge >= 0.3 is 0 Å². The number of amides is 1. The van der Waals surface area contributed by atoms with Crippen molar-refractivity contribution in [1.29, 1.82) is 0 Å². The largest absolute Gasteiger partial charge is 0.382 e. The molecular weight excluding hydrogens is 507 g/mol. The number of halogens is 1. The first-order chi connectivity index (χ1) is 18.5. The number of pyridine rings is 1. The number of nitrogens with one attached hydrogen (secondary N) is 1. The van der Waals surface area contributed by atoms with Crippen LogP contribution in [0.2, 0.25) is 0 Å².